The summed E-state index contributed by atoms with van der Waals surface area (Å²) in [7, 11) is 0. The smallest absolute Gasteiger partial charge is 0.334 e. The number of nitrogens with zero attached hydrogens (tertiary/aromatic N) is 4. The summed E-state index contributed by atoms with van der Waals surface area (Å²) in [4.78, 5) is 34.9. The van der Waals surface area contributed by atoms with Crippen molar-refractivity contribution < 1.29 is 4.39 Å². The van der Waals surface area contributed by atoms with E-state index < -0.39 is 17.1 Å². The molecule has 1 aliphatic heterocycles. The Hall–Kier alpha value is -3.43. The number of rotatable bonds is 3. The van der Waals surface area contributed by atoms with E-state index in [-0.39, 0.29) is 11.2 Å². The third kappa shape index (κ3) is 3.31. The minimum absolute atomic E-state index is 0.175. The van der Waals surface area contributed by atoms with Crippen molar-refractivity contribution in [1.82, 2.24) is 24.4 Å². The first-order valence-electron chi connectivity index (χ1n) is 9.79. The molecule has 1 aliphatic rings. The summed E-state index contributed by atoms with van der Waals surface area (Å²) in [6.07, 6.45) is 0. The topological polar surface area (TPSA) is 87.9 Å². The molecular formula is C21H18ClFN6O2. The lowest BCUT2D eigenvalue weighted by molar-refractivity contribution is 0.578. The van der Waals surface area contributed by atoms with Crippen molar-refractivity contribution in [3.8, 4) is 11.4 Å². The van der Waals surface area contributed by atoms with E-state index in [1.807, 2.05) is 11.0 Å². The van der Waals surface area contributed by atoms with Gasteiger partial charge >= 0.3 is 5.69 Å². The van der Waals surface area contributed by atoms with Crippen LogP contribution in [0, 0.1) is 5.82 Å². The van der Waals surface area contributed by atoms with Crippen molar-refractivity contribution in [2.45, 2.75) is 0 Å². The van der Waals surface area contributed by atoms with Crippen LogP contribution >= 0.6 is 11.6 Å². The van der Waals surface area contributed by atoms with E-state index in [1.54, 1.807) is 22.8 Å². The lowest BCUT2D eigenvalue weighted by Gasteiger charge is -2.28. The quantitative estimate of drug-likeness (QED) is 0.509. The molecule has 158 valence electrons. The molecule has 4 aromatic rings. The van der Waals surface area contributed by atoms with Crippen molar-refractivity contribution >= 4 is 28.7 Å². The van der Waals surface area contributed by atoms with Crippen LogP contribution < -0.4 is 21.5 Å². The predicted molar refractivity (Wildman–Crippen MR) is 117 cm³/mol. The summed E-state index contributed by atoms with van der Waals surface area (Å²) in [5, 5.41) is 3.73. The van der Waals surface area contributed by atoms with Crippen molar-refractivity contribution in [3.63, 3.8) is 0 Å². The third-order valence-electron chi connectivity index (χ3n) is 5.27. The number of nitrogens with one attached hydrogen (secondary N) is 2. The van der Waals surface area contributed by atoms with Gasteiger partial charge in [-0.2, -0.15) is 4.98 Å². The molecule has 0 amide bonds. The molecule has 2 aromatic heterocycles. The van der Waals surface area contributed by atoms with E-state index in [1.165, 1.54) is 28.8 Å². The lowest BCUT2D eigenvalue weighted by atomic mass is 10.3. The Morgan fingerprint density at radius 1 is 0.968 bits per heavy atom. The van der Waals surface area contributed by atoms with Crippen LogP contribution in [0.3, 0.4) is 0 Å². The Kier molecular flexibility index (Phi) is 4.84. The van der Waals surface area contributed by atoms with Gasteiger partial charge in [0.2, 0.25) is 5.95 Å². The number of hydrogen-bond donors (Lipinski definition) is 2. The number of imidazole rings is 1. The fourth-order valence-corrected chi connectivity index (χ4v) is 4.05. The van der Waals surface area contributed by atoms with E-state index in [9.17, 15) is 14.0 Å². The number of anilines is 1. The highest BCUT2D eigenvalue weighted by Crippen LogP contribution is 2.30. The van der Waals surface area contributed by atoms with Crippen molar-refractivity contribution in [3.05, 3.63) is 80.2 Å². The standard InChI is InChI=1S/C21H18ClFN6O2/c22-15-3-1-2-4-16(15)29-17-18(25-20(29)27-11-9-24-10-12-27)28(21(31)26-19(17)30)14-7-5-13(23)6-8-14/h1-8,24H,9-12H2,(H,26,30,31). The zero-order chi connectivity index (χ0) is 21.5. The Balaban J connectivity index is 1.88. The SMILES string of the molecule is O=c1[nH]c(=O)n(-c2ccc(F)cc2)c2nc(N3CCNCC3)n(-c3ccccc3Cl)c12. The van der Waals surface area contributed by atoms with E-state index in [0.29, 0.717) is 35.4 Å². The van der Waals surface area contributed by atoms with Gasteiger partial charge in [0.1, 0.15) is 5.82 Å². The number of fused-ring (bicyclic) bond motifs is 1. The van der Waals surface area contributed by atoms with Gasteiger partial charge in [0.25, 0.3) is 5.56 Å². The largest absolute Gasteiger partial charge is 0.339 e. The molecule has 0 aliphatic carbocycles. The second-order valence-corrected chi connectivity index (χ2v) is 7.59. The van der Waals surface area contributed by atoms with Crippen molar-refractivity contribution in [2.24, 2.45) is 0 Å². The average Bonchev–Trinajstić information content (AvgIpc) is 3.16. The molecule has 5 rings (SSSR count). The van der Waals surface area contributed by atoms with Gasteiger partial charge < -0.3 is 10.2 Å². The van der Waals surface area contributed by atoms with Crippen LogP contribution in [0.4, 0.5) is 10.3 Å². The van der Waals surface area contributed by atoms with Gasteiger partial charge in [-0.3, -0.25) is 14.3 Å². The van der Waals surface area contributed by atoms with Gasteiger partial charge in [0.05, 0.1) is 16.4 Å². The number of H-pyrrole nitrogens is 1. The van der Waals surface area contributed by atoms with Gasteiger partial charge in [0.15, 0.2) is 11.2 Å². The summed E-state index contributed by atoms with van der Waals surface area (Å²) < 4.78 is 16.4. The lowest BCUT2D eigenvalue weighted by Crippen LogP contribution is -2.44. The summed E-state index contributed by atoms with van der Waals surface area (Å²) in [6, 6.07) is 12.6. The summed E-state index contributed by atoms with van der Waals surface area (Å²) >= 11 is 6.48. The molecule has 3 heterocycles. The number of piperazine rings is 1. The molecule has 0 bridgehead atoms. The first-order chi connectivity index (χ1) is 15.0. The molecule has 31 heavy (non-hydrogen) atoms. The predicted octanol–water partition coefficient (Wildman–Crippen LogP) is 2.07. The Morgan fingerprint density at radius 2 is 1.68 bits per heavy atom. The Labute approximate surface area is 180 Å². The van der Waals surface area contributed by atoms with Gasteiger partial charge in [-0.25, -0.2) is 13.8 Å². The number of hydrogen-bond acceptors (Lipinski definition) is 5. The van der Waals surface area contributed by atoms with E-state index in [0.717, 1.165) is 13.1 Å². The zero-order valence-corrected chi connectivity index (χ0v) is 17.1. The molecule has 0 spiro atoms. The van der Waals surface area contributed by atoms with Gasteiger partial charge in [-0.05, 0) is 36.4 Å². The average molecular weight is 441 g/mol. The Morgan fingerprint density at radius 3 is 2.39 bits per heavy atom. The molecular weight excluding hydrogens is 423 g/mol. The van der Waals surface area contributed by atoms with E-state index >= 15 is 0 Å². The minimum atomic E-state index is -0.653. The number of benzene rings is 2. The van der Waals surface area contributed by atoms with Crippen LogP contribution in [0.2, 0.25) is 5.02 Å². The maximum absolute atomic E-state index is 13.5. The molecule has 1 saturated heterocycles. The molecule has 2 N–H and O–H groups in total. The van der Waals surface area contributed by atoms with Crippen LogP contribution in [0.25, 0.3) is 22.5 Å². The third-order valence-corrected chi connectivity index (χ3v) is 5.59. The summed E-state index contributed by atoms with van der Waals surface area (Å²) in [5.41, 5.74) is 0.102. The first kappa shape index (κ1) is 19.5. The fraction of sp³-hybridized carbons (Fsp3) is 0.190. The normalized spacial score (nSPS) is 14.3. The summed E-state index contributed by atoms with van der Waals surface area (Å²) in [5.74, 6) is 0.0807. The first-order valence-corrected chi connectivity index (χ1v) is 10.2. The highest BCUT2D eigenvalue weighted by molar-refractivity contribution is 6.32. The van der Waals surface area contributed by atoms with Crippen LogP contribution in [0.1, 0.15) is 0 Å². The molecule has 2 aromatic carbocycles. The van der Waals surface area contributed by atoms with Crippen molar-refractivity contribution in [1.29, 1.82) is 0 Å². The maximum Gasteiger partial charge on any atom is 0.334 e. The highest BCUT2D eigenvalue weighted by atomic mass is 35.5. The number of aromatic nitrogens is 4. The van der Waals surface area contributed by atoms with Crippen LogP contribution in [-0.2, 0) is 0 Å². The van der Waals surface area contributed by atoms with Crippen molar-refractivity contribution in [2.75, 3.05) is 31.1 Å². The molecule has 0 unspecified atom stereocenters. The Bertz CT molecular complexity index is 1390. The number of halogens is 2. The van der Waals surface area contributed by atoms with Crippen LogP contribution in [0.15, 0.2) is 58.1 Å². The highest BCUT2D eigenvalue weighted by Gasteiger charge is 2.25. The second-order valence-electron chi connectivity index (χ2n) is 7.18. The number of aromatic amines is 1. The fourth-order valence-electron chi connectivity index (χ4n) is 3.83. The minimum Gasteiger partial charge on any atom is -0.339 e. The van der Waals surface area contributed by atoms with Crippen LogP contribution in [-0.4, -0.2) is 45.3 Å². The molecule has 10 heteroatoms. The second kappa shape index (κ2) is 7.68. The van der Waals surface area contributed by atoms with Gasteiger partial charge in [-0.1, -0.05) is 23.7 Å². The molecule has 0 radical (unpaired) electrons. The molecule has 1 fully saturated rings. The maximum atomic E-state index is 13.5. The molecule has 8 nitrogen and oxygen atoms in total. The molecule has 0 saturated carbocycles. The van der Waals surface area contributed by atoms with E-state index in [4.69, 9.17) is 16.6 Å². The monoisotopic (exact) mass is 440 g/mol. The zero-order valence-electron chi connectivity index (χ0n) is 16.3. The molecule has 0 atom stereocenters. The van der Waals surface area contributed by atoms with Gasteiger partial charge in [-0.15, -0.1) is 0 Å². The van der Waals surface area contributed by atoms with E-state index in [2.05, 4.69) is 10.3 Å². The number of para-hydroxylation sites is 1. The van der Waals surface area contributed by atoms with Gasteiger partial charge in [0, 0.05) is 26.2 Å². The summed E-state index contributed by atoms with van der Waals surface area (Å²) in [6.45, 7) is 2.86. The van der Waals surface area contributed by atoms with Crippen LogP contribution in [0.5, 0.6) is 0 Å².